The van der Waals surface area contributed by atoms with E-state index in [1.54, 1.807) is 36.1 Å². The molecule has 0 aromatic heterocycles. The van der Waals surface area contributed by atoms with Gasteiger partial charge in [-0.05, 0) is 63.8 Å². The van der Waals surface area contributed by atoms with E-state index in [1.807, 2.05) is 31.2 Å². The number of ether oxygens (including phenoxy) is 1. The van der Waals surface area contributed by atoms with Crippen LogP contribution in [0.2, 0.25) is 0 Å². The molecule has 2 aromatic carbocycles. The number of urea groups is 1. The van der Waals surface area contributed by atoms with Gasteiger partial charge < -0.3 is 20.3 Å². The Bertz CT molecular complexity index is 958. The minimum absolute atomic E-state index is 0.0489. The van der Waals surface area contributed by atoms with Crippen molar-refractivity contribution >= 4 is 23.4 Å². The summed E-state index contributed by atoms with van der Waals surface area (Å²) in [6.07, 6.45) is 1.17. The van der Waals surface area contributed by atoms with E-state index in [0.29, 0.717) is 30.9 Å². The van der Waals surface area contributed by atoms with Gasteiger partial charge in [-0.15, -0.1) is 0 Å². The minimum Gasteiger partial charge on any atom is -0.481 e. The number of ketones is 1. The summed E-state index contributed by atoms with van der Waals surface area (Å²) in [7, 11) is 0. The molecule has 0 radical (unpaired) electrons. The third-order valence-electron chi connectivity index (χ3n) is 5.59. The number of likely N-dealkylation sites (tertiary alicyclic amines) is 1. The molecule has 170 valence electrons. The Morgan fingerprint density at radius 1 is 1.16 bits per heavy atom. The van der Waals surface area contributed by atoms with E-state index in [1.165, 1.54) is 6.92 Å². The van der Waals surface area contributed by atoms with Gasteiger partial charge in [0.15, 0.2) is 11.9 Å². The molecule has 2 unspecified atom stereocenters. The van der Waals surface area contributed by atoms with Gasteiger partial charge in [-0.2, -0.15) is 0 Å². The molecule has 1 heterocycles. The largest absolute Gasteiger partial charge is 0.481 e. The number of rotatable bonds is 7. The van der Waals surface area contributed by atoms with Gasteiger partial charge in [0.1, 0.15) is 5.75 Å². The van der Waals surface area contributed by atoms with Crippen LogP contribution in [0.5, 0.6) is 5.75 Å². The zero-order valence-electron chi connectivity index (χ0n) is 18.9. The van der Waals surface area contributed by atoms with Crippen LogP contribution in [0.1, 0.15) is 42.6 Å². The van der Waals surface area contributed by atoms with Crippen molar-refractivity contribution in [2.75, 3.05) is 25.0 Å². The van der Waals surface area contributed by atoms with Crippen LogP contribution in [-0.4, -0.2) is 48.4 Å². The number of anilines is 1. The van der Waals surface area contributed by atoms with Crippen LogP contribution in [0.4, 0.5) is 10.5 Å². The summed E-state index contributed by atoms with van der Waals surface area (Å²) in [6.45, 7) is 6.96. The van der Waals surface area contributed by atoms with Crippen LogP contribution in [0.3, 0.4) is 0 Å². The highest BCUT2D eigenvalue weighted by atomic mass is 16.5. The smallest absolute Gasteiger partial charge is 0.319 e. The van der Waals surface area contributed by atoms with E-state index >= 15 is 0 Å². The molecular formula is C25H31N3O4. The number of Topliss-reactive ketones (excluding diaryl/α,β-unsaturated/α-hetero) is 1. The van der Waals surface area contributed by atoms with Crippen LogP contribution in [-0.2, 0) is 4.79 Å². The Hall–Kier alpha value is -3.35. The van der Waals surface area contributed by atoms with Crippen molar-refractivity contribution in [2.24, 2.45) is 5.92 Å². The Morgan fingerprint density at radius 2 is 1.91 bits per heavy atom. The lowest BCUT2D eigenvalue weighted by Gasteiger charge is -2.34. The molecule has 2 N–H and O–H groups in total. The first-order chi connectivity index (χ1) is 15.3. The highest BCUT2D eigenvalue weighted by Crippen LogP contribution is 2.20. The molecule has 1 fully saturated rings. The van der Waals surface area contributed by atoms with Crippen molar-refractivity contribution in [1.82, 2.24) is 10.2 Å². The number of hydrogen-bond donors (Lipinski definition) is 2. The second-order valence-corrected chi connectivity index (χ2v) is 8.34. The molecule has 3 amide bonds. The van der Waals surface area contributed by atoms with Crippen LogP contribution >= 0.6 is 0 Å². The summed E-state index contributed by atoms with van der Waals surface area (Å²) < 4.78 is 5.81. The SMILES string of the molecule is CC(=O)c1cccc(OC(C)C(=O)N2CCCC(CNC(=O)Nc3ccc(C)cc3)C2)c1. The highest BCUT2D eigenvalue weighted by molar-refractivity contribution is 5.94. The van der Waals surface area contributed by atoms with Gasteiger partial charge in [0.05, 0.1) is 0 Å². The monoisotopic (exact) mass is 437 g/mol. The lowest BCUT2D eigenvalue weighted by Crippen LogP contribution is -2.48. The first kappa shape index (κ1) is 23.3. The molecule has 0 spiro atoms. The average molecular weight is 438 g/mol. The van der Waals surface area contributed by atoms with Gasteiger partial charge in [-0.3, -0.25) is 9.59 Å². The Balaban J connectivity index is 1.48. The van der Waals surface area contributed by atoms with E-state index in [2.05, 4.69) is 10.6 Å². The van der Waals surface area contributed by atoms with E-state index in [4.69, 9.17) is 4.74 Å². The van der Waals surface area contributed by atoms with Crippen molar-refractivity contribution in [2.45, 2.75) is 39.7 Å². The molecule has 1 saturated heterocycles. The topological polar surface area (TPSA) is 87.7 Å². The summed E-state index contributed by atoms with van der Waals surface area (Å²) in [6, 6.07) is 14.2. The predicted molar refractivity (Wildman–Crippen MR) is 124 cm³/mol. The lowest BCUT2D eigenvalue weighted by molar-refractivity contribution is -0.139. The highest BCUT2D eigenvalue weighted by Gasteiger charge is 2.28. The summed E-state index contributed by atoms with van der Waals surface area (Å²) in [5, 5.41) is 5.74. The zero-order valence-corrected chi connectivity index (χ0v) is 18.9. The maximum atomic E-state index is 12.9. The number of nitrogens with one attached hydrogen (secondary N) is 2. The van der Waals surface area contributed by atoms with Crippen LogP contribution in [0, 0.1) is 12.8 Å². The number of hydrogen-bond acceptors (Lipinski definition) is 4. The van der Waals surface area contributed by atoms with Gasteiger partial charge in [0, 0.05) is 30.9 Å². The molecule has 3 rings (SSSR count). The van der Waals surface area contributed by atoms with E-state index in [9.17, 15) is 14.4 Å². The zero-order chi connectivity index (χ0) is 23.1. The summed E-state index contributed by atoms with van der Waals surface area (Å²) in [4.78, 5) is 38.5. The van der Waals surface area contributed by atoms with E-state index in [0.717, 1.165) is 24.1 Å². The molecule has 0 saturated carbocycles. The fourth-order valence-electron chi connectivity index (χ4n) is 3.78. The quantitative estimate of drug-likeness (QED) is 0.641. The molecule has 32 heavy (non-hydrogen) atoms. The van der Waals surface area contributed by atoms with Crippen molar-refractivity contribution < 1.29 is 19.1 Å². The maximum Gasteiger partial charge on any atom is 0.319 e. The van der Waals surface area contributed by atoms with Gasteiger partial charge in [0.25, 0.3) is 5.91 Å². The normalized spacial score (nSPS) is 16.7. The minimum atomic E-state index is -0.659. The Labute approximate surface area is 189 Å². The van der Waals surface area contributed by atoms with Crippen molar-refractivity contribution in [3.63, 3.8) is 0 Å². The second kappa shape index (κ2) is 10.8. The van der Waals surface area contributed by atoms with Crippen LogP contribution in [0.15, 0.2) is 48.5 Å². The van der Waals surface area contributed by atoms with Crippen LogP contribution in [0.25, 0.3) is 0 Å². The first-order valence-electron chi connectivity index (χ1n) is 11.0. The second-order valence-electron chi connectivity index (χ2n) is 8.34. The molecule has 2 aromatic rings. The standard InChI is InChI=1S/C25H31N3O4/c1-17-9-11-22(12-10-17)27-25(31)26-15-20-6-5-13-28(16-20)24(30)19(3)32-23-8-4-7-21(14-23)18(2)29/h4,7-12,14,19-20H,5-6,13,15-16H2,1-3H3,(H2,26,27,31). The van der Waals surface area contributed by atoms with Gasteiger partial charge >= 0.3 is 6.03 Å². The molecule has 0 bridgehead atoms. The molecule has 7 heteroatoms. The molecule has 2 atom stereocenters. The first-order valence-corrected chi connectivity index (χ1v) is 11.0. The lowest BCUT2D eigenvalue weighted by atomic mass is 9.97. The summed E-state index contributed by atoms with van der Waals surface area (Å²) in [5.74, 6) is 0.547. The van der Waals surface area contributed by atoms with Gasteiger partial charge in [0.2, 0.25) is 0 Å². The average Bonchev–Trinajstić information content (AvgIpc) is 2.79. The third kappa shape index (κ3) is 6.57. The molecule has 1 aliphatic rings. The number of nitrogens with zero attached hydrogens (tertiary/aromatic N) is 1. The summed E-state index contributed by atoms with van der Waals surface area (Å²) in [5.41, 5.74) is 2.43. The fourth-order valence-corrected chi connectivity index (χ4v) is 3.78. The molecule has 1 aliphatic heterocycles. The van der Waals surface area contributed by atoms with Gasteiger partial charge in [-0.25, -0.2) is 4.79 Å². The number of carbonyl (C=O) groups excluding carboxylic acids is 3. The Kier molecular flexibility index (Phi) is 7.87. The number of piperidine rings is 1. The van der Waals surface area contributed by atoms with E-state index < -0.39 is 6.10 Å². The van der Waals surface area contributed by atoms with Crippen LogP contribution < -0.4 is 15.4 Å². The molecule has 7 nitrogen and oxygen atoms in total. The molecular weight excluding hydrogens is 406 g/mol. The number of carbonyl (C=O) groups is 3. The van der Waals surface area contributed by atoms with Crippen molar-refractivity contribution in [3.8, 4) is 5.75 Å². The summed E-state index contributed by atoms with van der Waals surface area (Å²) >= 11 is 0. The number of benzene rings is 2. The fraction of sp³-hybridized carbons (Fsp3) is 0.400. The number of amides is 3. The van der Waals surface area contributed by atoms with Crippen molar-refractivity contribution in [1.29, 1.82) is 0 Å². The third-order valence-corrected chi connectivity index (χ3v) is 5.59. The van der Waals surface area contributed by atoms with Crippen molar-refractivity contribution in [3.05, 3.63) is 59.7 Å². The van der Waals surface area contributed by atoms with Gasteiger partial charge in [-0.1, -0.05) is 29.8 Å². The van der Waals surface area contributed by atoms with E-state index in [-0.39, 0.29) is 23.6 Å². The Morgan fingerprint density at radius 3 is 2.62 bits per heavy atom. The number of aryl methyl sites for hydroxylation is 1. The predicted octanol–water partition coefficient (Wildman–Crippen LogP) is 4.03. The molecule has 0 aliphatic carbocycles. The maximum absolute atomic E-state index is 12.9.